The lowest BCUT2D eigenvalue weighted by atomic mass is 10.1. The molecule has 16 heavy (non-hydrogen) atoms. The van der Waals surface area contributed by atoms with Crippen molar-refractivity contribution < 1.29 is 9.90 Å². The van der Waals surface area contributed by atoms with Gasteiger partial charge in [0.15, 0.2) is 0 Å². The lowest BCUT2D eigenvalue weighted by molar-refractivity contribution is -0.139. The van der Waals surface area contributed by atoms with Gasteiger partial charge in [-0.15, -0.1) is 11.3 Å². The van der Waals surface area contributed by atoms with Crippen molar-refractivity contribution in [2.75, 3.05) is 6.54 Å². The number of hydrogen-bond acceptors (Lipinski definition) is 3. The van der Waals surface area contributed by atoms with Crippen molar-refractivity contribution in [2.45, 2.75) is 39.3 Å². The standard InChI is InChI=1S/C12H19NO2S/c1-4-10(11-6-5-7-16-11)13(9(2)3)8-12(14)15/h5-7,9-10H,4,8H2,1-3H3,(H,14,15). The van der Waals surface area contributed by atoms with E-state index in [1.165, 1.54) is 4.88 Å². The van der Waals surface area contributed by atoms with Crippen molar-refractivity contribution >= 4 is 17.3 Å². The first kappa shape index (κ1) is 13.2. The molecule has 0 bridgehead atoms. The van der Waals surface area contributed by atoms with Crippen LogP contribution < -0.4 is 0 Å². The quantitative estimate of drug-likeness (QED) is 0.832. The maximum atomic E-state index is 10.9. The summed E-state index contributed by atoms with van der Waals surface area (Å²) in [6.07, 6.45) is 0.936. The van der Waals surface area contributed by atoms with E-state index in [1.807, 2.05) is 30.2 Å². The molecule has 0 fully saturated rings. The third-order valence-electron chi connectivity index (χ3n) is 2.64. The first-order chi connectivity index (χ1) is 7.56. The van der Waals surface area contributed by atoms with Crippen molar-refractivity contribution in [1.29, 1.82) is 0 Å². The first-order valence-electron chi connectivity index (χ1n) is 5.57. The van der Waals surface area contributed by atoms with Gasteiger partial charge in [-0.05, 0) is 31.7 Å². The molecule has 3 nitrogen and oxygen atoms in total. The molecule has 1 atom stereocenters. The van der Waals surface area contributed by atoms with Crippen LogP contribution in [0.2, 0.25) is 0 Å². The Morgan fingerprint density at radius 3 is 2.62 bits per heavy atom. The van der Waals surface area contributed by atoms with Gasteiger partial charge >= 0.3 is 5.97 Å². The highest BCUT2D eigenvalue weighted by Gasteiger charge is 2.23. The number of thiophene rings is 1. The van der Waals surface area contributed by atoms with Crippen LogP contribution in [-0.4, -0.2) is 28.6 Å². The van der Waals surface area contributed by atoms with E-state index in [4.69, 9.17) is 5.11 Å². The minimum absolute atomic E-state index is 0.105. The molecule has 90 valence electrons. The summed E-state index contributed by atoms with van der Waals surface area (Å²) in [5, 5.41) is 11.0. The monoisotopic (exact) mass is 241 g/mol. The molecule has 0 spiro atoms. The summed E-state index contributed by atoms with van der Waals surface area (Å²) in [5.41, 5.74) is 0. The molecule has 0 aromatic carbocycles. The number of carboxylic acids is 1. The largest absolute Gasteiger partial charge is 0.480 e. The van der Waals surface area contributed by atoms with E-state index in [1.54, 1.807) is 11.3 Å². The Balaban J connectivity index is 2.86. The zero-order chi connectivity index (χ0) is 12.1. The van der Waals surface area contributed by atoms with Gasteiger partial charge in [-0.1, -0.05) is 13.0 Å². The highest BCUT2D eigenvalue weighted by Crippen LogP contribution is 2.29. The van der Waals surface area contributed by atoms with Crippen LogP contribution >= 0.6 is 11.3 Å². The fourth-order valence-electron chi connectivity index (χ4n) is 1.89. The van der Waals surface area contributed by atoms with Gasteiger partial charge in [0.1, 0.15) is 0 Å². The molecule has 1 aromatic heterocycles. The maximum Gasteiger partial charge on any atom is 0.317 e. The molecule has 1 aromatic rings. The molecule has 0 aliphatic rings. The van der Waals surface area contributed by atoms with E-state index < -0.39 is 5.97 Å². The Kier molecular flexibility index (Phi) is 4.96. The Morgan fingerprint density at radius 2 is 2.25 bits per heavy atom. The third kappa shape index (κ3) is 3.32. The fraction of sp³-hybridized carbons (Fsp3) is 0.583. The van der Waals surface area contributed by atoms with Crippen LogP contribution in [0.1, 0.15) is 38.1 Å². The van der Waals surface area contributed by atoms with E-state index >= 15 is 0 Å². The van der Waals surface area contributed by atoms with Crippen LogP contribution in [0, 0.1) is 0 Å². The molecule has 0 saturated heterocycles. The number of hydrogen-bond donors (Lipinski definition) is 1. The van der Waals surface area contributed by atoms with E-state index in [9.17, 15) is 4.79 Å². The molecular formula is C12H19NO2S. The van der Waals surface area contributed by atoms with Crippen LogP contribution in [-0.2, 0) is 4.79 Å². The Bertz CT molecular complexity index is 322. The molecule has 0 aliphatic heterocycles. The lowest BCUT2D eigenvalue weighted by Crippen LogP contribution is -2.38. The molecule has 1 N–H and O–H groups in total. The lowest BCUT2D eigenvalue weighted by Gasteiger charge is -2.32. The number of carbonyl (C=O) groups is 1. The second-order valence-electron chi connectivity index (χ2n) is 4.10. The van der Waals surface area contributed by atoms with Crippen LogP contribution in [0.5, 0.6) is 0 Å². The Morgan fingerprint density at radius 1 is 1.56 bits per heavy atom. The molecule has 0 radical (unpaired) electrons. The van der Waals surface area contributed by atoms with Crippen molar-refractivity contribution in [1.82, 2.24) is 4.90 Å². The SMILES string of the molecule is CCC(c1cccs1)N(CC(=O)O)C(C)C. The molecule has 1 rings (SSSR count). The smallest absolute Gasteiger partial charge is 0.317 e. The number of nitrogens with zero attached hydrogens (tertiary/aromatic N) is 1. The van der Waals surface area contributed by atoms with Crippen LogP contribution in [0.15, 0.2) is 17.5 Å². The van der Waals surface area contributed by atoms with Gasteiger partial charge in [0.05, 0.1) is 6.54 Å². The maximum absolute atomic E-state index is 10.9. The second kappa shape index (κ2) is 6.01. The van der Waals surface area contributed by atoms with Crippen LogP contribution in [0.25, 0.3) is 0 Å². The molecule has 4 heteroatoms. The van der Waals surface area contributed by atoms with E-state index in [0.29, 0.717) is 0 Å². The summed E-state index contributed by atoms with van der Waals surface area (Å²) >= 11 is 1.69. The highest BCUT2D eigenvalue weighted by atomic mass is 32.1. The topological polar surface area (TPSA) is 40.5 Å². The van der Waals surface area contributed by atoms with Crippen molar-refractivity contribution in [2.24, 2.45) is 0 Å². The van der Waals surface area contributed by atoms with Crippen molar-refractivity contribution in [3.05, 3.63) is 22.4 Å². The Labute approximate surface area is 101 Å². The van der Waals surface area contributed by atoms with Gasteiger partial charge in [0, 0.05) is 17.0 Å². The summed E-state index contributed by atoms with van der Waals surface area (Å²) in [4.78, 5) is 14.1. The van der Waals surface area contributed by atoms with E-state index in [-0.39, 0.29) is 18.6 Å². The average molecular weight is 241 g/mol. The third-order valence-corrected chi connectivity index (χ3v) is 3.61. The van der Waals surface area contributed by atoms with Gasteiger partial charge in [0.2, 0.25) is 0 Å². The molecular weight excluding hydrogens is 222 g/mol. The van der Waals surface area contributed by atoms with E-state index in [0.717, 1.165) is 6.42 Å². The summed E-state index contributed by atoms with van der Waals surface area (Å²) in [6.45, 7) is 6.29. The number of rotatable bonds is 6. The summed E-state index contributed by atoms with van der Waals surface area (Å²) < 4.78 is 0. The zero-order valence-corrected chi connectivity index (χ0v) is 10.8. The fourth-order valence-corrected chi connectivity index (χ4v) is 2.82. The van der Waals surface area contributed by atoms with Gasteiger partial charge in [-0.3, -0.25) is 9.69 Å². The summed E-state index contributed by atoms with van der Waals surface area (Å²) in [7, 11) is 0. The minimum Gasteiger partial charge on any atom is -0.480 e. The predicted octanol–water partition coefficient (Wildman–Crippen LogP) is 2.99. The van der Waals surface area contributed by atoms with Crippen molar-refractivity contribution in [3.8, 4) is 0 Å². The number of carboxylic acid groups (broad SMARTS) is 1. The molecule has 1 heterocycles. The van der Waals surface area contributed by atoms with Crippen LogP contribution in [0.3, 0.4) is 0 Å². The predicted molar refractivity (Wildman–Crippen MR) is 66.8 cm³/mol. The molecule has 0 aliphatic carbocycles. The molecule has 0 saturated carbocycles. The van der Waals surface area contributed by atoms with Crippen LogP contribution in [0.4, 0.5) is 0 Å². The zero-order valence-electron chi connectivity index (χ0n) is 10.0. The van der Waals surface area contributed by atoms with Gasteiger partial charge in [-0.25, -0.2) is 0 Å². The van der Waals surface area contributed by atoms with Gasteiger partial charge in [-0.2, -0.15) is 0 Å². The Hall–Kier alpha value is -0.870. The molecule has 1 unspecified atom stereocenters. The van der Waals surface area contributed by atoms with Crippen molar-refractivity contribution in [3.63, 3.8) is 0 Å². The normalized spacial score (nSPS) is 13.3. The first-order valence-corrected chi connectivity index (χ1v) is 6.45. The highest BCUT2D eigenvalue weighted by molar-refractivity contribution is 7.10. The minimum atomic E-state index is -0.760. The second-order valence-corrected chi connectivity index (χ2v) is 5.08. The number of aliphatic carboxylic acids is 1. The summed E-state index contributed by atoms with van der Waals surface area (Å²) in [6, 6.07) is 4.55. The molecule has 0 amide bonds. The van der Waals surface area contributed by atoms with Gasteiger partial charge in [0.25, 0.3) is 0 Å². The average Bonchev–Trinajstić information content (AvgIpc) is 2.70. The summed E-state index contributed by atoms with van der Waals surface area (Å²) in [5.74, 6) is -0.760. The van der Waals surface area contributed by atoms with E-state index in [2.05, 4.69) is 13.0 Å². The van der Waals surface area contributed by atoms with Gasteiger partial charge < -0.3 is 5.11 Å².